The van der Waals surface area contributed by atoms with Crippen LogP contribution in [0.15, 0.2) is 66.9 Å². The molecular formula is C20H21ClN2O. The number of halogens is 1. The highest BCUT2D eigenvalue weighted by atomic mass is 35.5. The molecule has 0 bridgehead atoms. The van der Waals surface area contributed by atoms with Gasteiger partial charge in [-0.1, -0.05) is 42.5 Å². The molecule has 1 heterocycles. The fraction of sp³-hybridized carbons (Fsp3) is 0.150. The first kappa shape index (κ1) is 18.0. The molecule has 24 heavy (non-hydrogen) atoms. The van der Waals surface area contributed by atoms with Gasteiger partial charge in [-0.2, -0.15) is 0 Å². The van der Waals surface area contributed by atoms with Gasteiger partial charge < -0.3 is 10.5 Å². The van der Waals surface area contributed by atoms with Crippen LogP contribution in [0.4, 0.5) is 0 Å². The van der Waals surface area contributed by atoms with E-state index in [9.17, 15) is 0 Å². The van der Waals surface area contributed by atoms with Crippen molar-refractivity contribution in [2.45, 2.75) is 20.1 Å². The SMILES string of the molecule is Cc1ccc(-c2ccc(OCc3ccccc3)nc2)cc1CN.Cl. The number of hydrogen-bond acceptors (Lipinski definition) is 3. The Morgan fingerprint density at radius 3 is 2.38 bits per heavy atom. The van der Waals surface area contributed by atoms with E-state index in [0.717, 1.165) is 22.3 Å². The standard InChI is InChI=1S/C20H20N2O.ClH/c1-15-7-8-17(11-19(15)12-21)18-9-10-20(22-13-18)23-14-16-5-3-2-4-6-16;/h2-11,13H,12,14,21H2,1H3;1H. The summed E-state index contributed by atoms with van der Waals surface area (Å²) in [6, 6.07) is 20.3. The summed E-state index contributed by atoms with van der Waals surface area (Å²) in [4.78, 5) is 4.39. The fourth-order valence-electron chi connectivity index (χ4n) is 2.44. The predicted octanol–water partition coefficient (Wildman–Crippen LogP) is 4.52. The van der Waals surface area contributed by atoms with Gasteiger partial charge in [-0.3, -0.25) is 0 Å². The molecule has 1 aromatic heterocycles. The summed E-state index contributed by atoms with van der Waals surface area (Å²) in [6.07, 6.45) is 1.84. The Labute approximate surface area is 148 Å². The van der Waals surface area contributed by atoms with E-state index >= 15 is 0 Å². The van der Waals surface area contributed by atoms with E-state index in [1.165, 1.54) is 5.56 Å². The molecule has 0 aliphatic carbocycles. The smallest absolute Gasteiger partial charge is 0.213 e. The Morgan fingerprint density at radius 2 is 1.71 bits per heavy atom. The third kappa shape index (κ3) is 4.34. The predicted molar refractivity (Wildman–Crippen MR) is 100 cm³/mol. The van der Waals surface area contributed by atoms with E-state index in [2.05, 4.69) is 30.1 Å². The highest BCUT2D eigenvalue weighted by molar-refractivity contribution is 5.85. The van der Waals surface area contributed by atoms with Gasteiger partial charge in [0.1, 0.15) is 6.61 Å². The molecule has 3 aromatic rings. The van der Waals surface area contributed by atoms with E-state index in [0.29, 0.717) is 19.0 Å². The van der Waals surface area contributed by atoms with Crippen molar-refractivity contribution >= 4 is 12.4 Å². The van der Waals surface area contributed by atoms with Crippen LogP contribution in [0.25, 0.3) is 11.1 Å². The lowest BCUT2D eigenvalue weighted by molar-refractivity contribution is 0.294. The zero-order valence-corrected chi connectivity index (χ0v) is 14.4. The lowest BCUT2D eigenvalue weighted by atomic mass is 10.0. The Balaban J connectivity index is 0.00000208. The number of aryl methyl sites for hydroxylation is 1. The second-order valence-corrected chi connectivity index (χ2v) is 5.50. The van der Waals surface area contributed by atoms with Gasteiger partial charge in [-0.25, -0.2) is 4.98 Å². The summed E-state index contributed by atoms with van der Waals surface area (Å²) in [5.41, 5.74) is 11.5. The first-order valence-corrected chi connectivity index (χ1v) is 7.69. The fourth-order valence-corrected chi connectivity index (χ4v) is 2.44. The van der Waals surface area contributed by atoms with Crippen molar-refractivity contribution in [1.29, 1.82) is 0 Å². The molecule has 0 aliphatic heterocycles. The number of ether oxygens (including phenoxy) is 1. The van der Waals surface area contributed by atoms with Crippen molar-refractivity contribution in [3.63, 3.8) is 0 Å². The first-order valence-electron chi connectivity index (χ1n) is 7.69. The Morgan fingerprint density at radius 1 is 0.958 bits per heavy atom. The number of nitrogens with zero attached hydrogens (tertiary/aromatic N) is 1. The zero-order valence-electron chi connectivity index (χ0n) is 13.6. The largest absolute Gasteiger partial charge is 0.473 e. The number of aromatic nitrogens is 1. The van der Waals surface area contributed by atoms with E-state index in [4.69, 9.17) is 10.5 Å². The topological polar surface area (TPSA) is 48.1 Å². The van der Waals surface area contributed by atoms with Gasteiger partial charge in [0.2, 0.25) is 5.88 Å². The highest BCUT2D eigenvalue weighted by Gasteiger charge is 2.03. The molecule has 2 N–H and O–H groups in total. The molecule has 0 atom stereocenters. The van der Waals surface area contributed by atoms with E-state index in [-0.39, 0.29) is 12.4 Å². The normalized spacial score (nSPS) is 10.1. The molecule has 3 rings (SSSR count). The maximum absolute atomic E-state index is 5.78. The second kappa shape index (κ2) is 8.48. The summed E-state index contributed by atoms with van der Waals surface area (Å²) in [5.74, 6) is 0.628. The number of nitrogens with two attached hydrogens (primary N) is 1. The van der Waals surface area contributed by atoms with Crippen LogP contribution in [0.2, 0.25) is 0 Å². The molecule has 0 saturated carbocycles. The lowest BCUT2D eigenvalue weighted by Crippen LogP contribution is -1.99. The van der Waals surface area contributed by atoms with Gasteiger partial charge >= 0.3 is 0 Å². The lowest BCUT2D eigenvalue weighted by Gasteiger charge is -2.09. The van der Waals surface area contributed by atoms with Crippen LogP contribution in [0.3, 0.4) is 0 Å². The van der Waals surface area contributed by atoms with Crippen molar-refractivity contribution < 1.29 is 4.74 Å². The zero-order chi connectivity index (χ0) is 16.1. The van der Waals surface area contributed by atoms with Crippen LogP contribution < -0.4 is 10.5 Å². The van der Waals surface area contributed by atoms with Gasteiger partial charge in [0.15, 0.2) is 0 Å². The van der Waals surface area contributed by atoms with Crippen molar-refractivity contribution in [3.05, 3.63) is 83.6 Å². The molecule has 0 radical (unpaired) electrons. The molecule has 0 aliphatic rings. The highest BCUT2D eigenvalue weighted by Crippen LogP contribution is 2.23. The van der Waals surface area contributed by atoms with Crippen LogP contribution >= 0.6 is 12.4 Å². The average molecular weight is 341 g/mol. The van der Waals surface area contributed by atoms with Crippen molar-refractivity contribution in [2.24, 2.45) is 5.73 Å². The summed E-state index contributed by atoms with van der Waals surface area (Å²) in [6.45, 7) is 3.14. The number of hydrogen-bond donors (Lipinski definition) is 1. The molecule has 3 nitrogen and oxygen atoms in total. The molecule has 0 spiro atoms. The van der Waals surface area contributed by atoms with Gasteiger partial charge in [0.05, 0.1) is 0 Å². The van der Waals surface area contributed by atoms with Crippen LogP contribution in [-0.4, -0.2) is 4.98 Å². The van der Waals surface area contributed by atoms with Crippen LogP contribution in [0.1, 0.15) is 16.7 Å². The Hall–Kier alpha value is -2.36. The van der Waals surface area contributed by atoms with Gasteiger partial charge in [-0.05, 0) is 41.3 Å². The van der Waals surface area contributed by atoms with E-state index in [1.807, 2.05) is 48.7 Å². The summed E-state index contributed by atoms with van der Waals surface area (Å²) in [7, 11) is 0. The second-order valence-electron chi connectivity index (χ2n) is 5.50. The summed E-state index contributed by atoms with van der Waals surface area (Å²) >= 11 is 0. The van der Waals surface area contributed by atoms with Crippen LogP contribution in [-0.2, 0) is 13.2 Å². The van der Waals surface area contributed by atoms with Gasteiger partial charge in [-0.15, -0.1) is 12.4 Å². The van der Waals surface area contributed by atoms with Crippen LogP contribution in [0, 0.1) is 6.92 Å². The van der Waals surface area contributed by atoms with Gasteiger partial charge in [0, 0.05) is 24.4 Å². The van der Waals surface area contributed by atoms with Crippen molar-refractivity contribution in [1.82, 2.24) is 4.98 Å². The number of rotatable bonds is 5. The minimum absolute atomic E-state index is 0. The Bertz CT molecular complexity index is 773. The van der Waals surface area contributed by atoms with E-state index < -0.39 is 0 Å². The molecule has 0 fully saturated rings. The third-order valence-corrected chi connectivity index (χ3v) is 3.87. The maximum Gasteiger partial charge on any atom is 0.213 e. The summed E-state index contributed by atoms with van der Waals surface area (Å²) in [5, 5.41) is 0. The van der Waals surface area contributed by atoms with Crippen molar-refractivity contribution in [2.75, 3.05) is 0 Å². The van der Waals surface area contributed by atoms with Crippen molar-refractivity contribution in [3.8, 4) is 17.0 Å². The van der Waals surface area contributed by atoms with Gasteiger partial charge in [0.25, 0.3) is 0 Å². The number of pyridine rings is 1. The maximum atomic E-state index is 5.78. The molecule has 0 saturated heterocycles. The number of benzene rings is 2. The summed E-state index contributed by atoms with van der Waals surface area (Å²) < 4.78 is 5.72. The minimum atomic E-state index is 0. The minimum Gasteiger partial charge on any atom is -0.473 e. The quantitative estimate of drug-likeness (QED) is 0.743. The molecule has 4 heteroatoms. The third-order valence-electron chi connectivity index (χ3n) is 3.87. The molecule has 0 amide bonds. The molecular weight excluding hydrogens is 320 g/mol. The Kier molecular flexibility index (Phi) is 6.36. The first-order chi connectivity index (χ1) is 11.3. The average Bonchev–Trinajstić information content (AvgIpc) is 2.62. The molecule has 0 unspecified atom stereocenters. The molecule has 2 aromatic carbocycles. The van der Waals surface area contributed by atoms with E-state index in [1.54, 1.807) is 0 Å². The monoisotopic (exact) mass is 340 g/mol. The molecule has 124 valence electrons. The van der Waals surface area contributed by atoms with Crippen LogP contribution in [0.5, 0.6) is 5.88 Å².